The molecule has 0 N–H and O–H groups in total. The molecule has 0 spiro atoms. The molecule has 2 unspecified atom stereocenters. The number of hydrogen-bond acceptors (Lipinski definition) is 3. The van der Waals surface area contributed by atoms with Crippen molar-refractivity contribution >= 4 is 0 Å². The van der Waals surface area contributed by atoms with Crippen molar-refractivity contribution in [3.05, 3.63) is 24.0 Å². The predicted molar refractivity (Wildman–Crippen MR) is 78.7 cm³/mol. The van der Waals surface area contributed by atoms with Crippen LogP contribution >= 0.6 is 0 Å². The Hall–Kier alpha value is -1.09. The summed E-state index contributed by atoms with van der Waals surface area (Å²) in [7, 11) is 6.06. The van der Waals surface area contributed by atoms with Gasteiger partial charge in [0.25, 0.3) is 0 Å². The third-order valence-corrected chi connectivity index (χ3v) is 4.16. The lowest BCUT2D eigenvalue weighted by Gasteiger charge is -2.28. The molecule has 0 bridgehead atoms. The number of nitrogens with zero attached hydrogens (tertiary/aromatic N) is 2. The molecule has 1 saturated carbocycles. The van der Waals surface area contributed by atoms with E-state index in [0.29, 0.717) is 5.92 Å². The largest absolute Gasteiger partial charge is 0.495 e. The highest BCUT2D eigenvalue weighted by molar-refractivity contribution is 5.27. The molecule has 106 valence electrons. The van der Waals surface area contributed by atoms with Crippen LogP contribution in [-0.2, 0) is 0 Å². The highest BCUT2D eigenvalue weighted by Gasteiger charge is 2.26. The zero-order valence-corrected chi connectivity index (χ0v) is 12.4. The van der Waals surface area contributed by atoms with E-state index in [9.17, 15) is 0 Å². The van der Waals surface area contributed by atoms with Gasteiger partial charge in [0.2, 0.25) is 0 Å². The summed E-state index contributed by atoms with van der Waals surface area (Å²) in [5.74, 6) is 2.25. The van der Waals surface area contributed by atoms with Gasteiger partial charge in [-0.3, -0.25) is 4.98 Å². The smallest absolute Gasteiger partial charge is 0.137 e. The van der Waals surface area contributed by atoms with Crippen molar-refractivity contribution < 1.29 is 4.74 Å². The van der Waals surface area contributed by atoms with Gasteiger partial charge in [0.15, 0.2) is 0 Å². The standard InChI is InChI=1S/C16H26N2O/c1-18(2)12-13-7-5-4-6-8-16(13)14-9-15(19-3)11-17-10-14/h9-11,13,16H,4-8,12H2,1-3H3. The fourth-order valence-corrected chi connectivity index (χ4v) is 3.26. The average Bonchev–Trinajstić information content (AvgIpc) is 2.63. The maximum atomic E-state index is 5.32. The van der Waals surface area contributed by atoms with Crippen molar-refractivity contribution in [2.45, 2.75) is 38.0 Å². The van der Waals surface area contributed by atoms with Crippen LogP contribution < -0.4 is 4.74 Å². The van der Waals surface area contributed by atoms with Crippen LogP contribution in [0.5, 0.6) is 5.75 Å². The van der Waals surface area contributed by atoms with Gasteiger partial charge in [-0.15, -0.1) is 0 Å². The molecule has 1 aliphatic rings. The van der Waals surface area contributed by atoms with Gasteiger partial charge < -0.3 is 9.64 Å². The first-order valence-electron chi connectivity index (χ1n) is 7.34. The molecule has 2 atom stereocenters. The third kappa shape index (κ3) is 3.93. The van der Waals surface area contributed by atoms with Gasteiger partial charge in [0, 0.05) is 12.7 Å². The number of aromatic nitrogens is 1. The Bertz CT molecular complexity index is 392. The lowest BCUT2D eigenvalue weighted by Crippen LogP contribution is -2.26. The summed E-state index contributed by atoms with van der Waals surface area (Å²) in [6.45, 7) is 1.17. The SMILES string of the molecule is COc1cncc(C2CCCCCC2CN(C)C)c1. The minimum absolute atomic E-state index is 0.632. The monoisotopic (exact) mass is 262 g/mol. The molecule has 3 heteroatoms. The summed E-state index contributed by atoms with van der Waals surface area (Å²) in [6.07, 6.45) is 10.5. The zero-order valence-electron chi connectivity index (χ0n) is 12.4. The molecule has 0 saturated heterocycles. The van der Waals surface area contributed by atoms with Crippen molar-refractivity contribution in [1.82, 2.24) is 9.88 Å². The number of rotatable bonds is 4. The van der Waals surface area contributed by atoms with Crippen LogP contribution in [0, 0.1) is 5.92 Å². The van der Waals surface area contributed by atoms with Gasteiger partial charge in [0.05, 0.1) is 13.3 Å². The average molecular weight is 262 g/mol. The van der Waals surface area contributed by atoms with E-state index < -0.39 is 0 Å². The minimum atomic E-state index is 0.632. The Balaban J connectivity index is 2.20. The van der Waals surface area contributed by atoms with Crippen LogP contribution in [0.15, 0.2) is 18.5 Å². The first-order chi connectivity index (χ1) is 9.20. The van der Waals surface area contributed by atoms with E-state index in [1.165, 1.54) is 44.2 Å². The van der Waals surface area contributed by atoms with Crippen LogP contribution in [-0.4, -0.2) is 37.6 Å². The zero-order chi connectivity index (χ0) is 13.7. The minimum Gasteiger partial charge on any atom is -0.495 e. The maximum Gasteiger partial charge on any atom is 0.137 e. The Morgan fingerprint density at radius 2 is 2.00 bits per heavy atom. The van der Waals surface area contributed by atoms with Crippen LogP contribution in [0.25, 0.3) is 0 Å². The molecule has 0 aromatic carbocycles. The van der Waals surface area contributed by atoms with Crippen molar-refractivity contribution in [3.63, 3.8) is 0 Å². The lowest BCUT2D eigenvalue weighted by molar-refractivity contribution is 0.276. The van der Waals surface area contributed by atoms with Crippen LogP contribution in [0.2, 0.25) is 0 Å². The number of ether oxygens (including phenoxy) is 1. The predicted octanol–water partition coefficient (Wildman–Crippen LogP) is 3.32. The summed E-state index contributed by atoms with van der Waals surface area (Å²) in [5, 5.41) is 0. The first-order valence-corrected chi connectivity index (χ1v) is 7.34. The molecule has 0 radical (unpaired) electrons. The maximum absolute atomic E-state index is 5.32. The second-order valence-electron chi connectivity index (χ2n) is 5.92. The molecule has 3 nitrogen and oxygen atoms in total. The lowest BCUT2D eigenvalue weighted by atomic mass is 9.83. The van der Waals surface area contributed by atoms with E-state index >= 15 is 0 Å². The molecule has 0 aliphatic heterocycles. The Morgan fingerprint density at radius 3 is 2.74 bits per heavy atom. The van der Waals surface area contributed by atoms with E-state index in [4.69, 9.17) is 4.74 Å². The van der Waals surface area contributed by atoms with Gasteiger partial charge >= 0.3 is 0 Å². The highest BCUT2D eigenvalue weighted by Crippen LogP contribution is 2.37. The number of hydrogen-bond donors (Lipinski definition) is 0. The van der Waals surface area contributed by atoms with Crippen LogP contribution in [0.3, 0.4) is 0 Å². The summed E-state index contributed by atoms with van der Waals surface area (Å²) in [5.41, 5.74) is 1.35. The topological polar surface area (TPSA) is 25.4 Å². The first kappa shape index (κ1) is 14.3. The Labute approximate surface area is 117 Å². The number of pyridine rings is 1. The highest BCUT2D eigenvalue weighted by atomic mass is 16.5. The van der Waals surface area contributed by atoms with Gasteiger partial charge in [-0.1, -0.05) is 19.3 Å². The molecule has 1 fully saturated rings. The second-order valence-corrected chi connectivity index (χ2v) is 5.92. The van der Waals surface area contributed by atoms with Gasteiger partial charge in [-0.05, 0) is 50.4 Å². The van der Waals surface area contributed by atoms with E-state index in [1.54, 1.807) is 13.3 Å². The summed E-state index contributed by atoms with van der Waals surface area (Å²) < 4.78 is 5.32. The van der Waals surface area contributed by atoms with Gasteiger partial charge in [0.1, 0.15) is 5.75 Å². The van der Waals surface area contributed by atoms with Crippen molar-refractivity contribution in [2.24, 2.45) is 5.92 Å². The van der Waals surface area contributed by atoms with Crippen LogP contribution in [0.1, 0.15) is 43.6 Å². The van der Waals surface area contributed by atoms with Gasteiger partial charge in [-0.25, -0.2) is 0 Å². The molecule has 19 heavy (non-hydrogen) atoms. The summed E-state index contributed by atoms with van der Waals surface area (Å²) in [4.78, 5) is 6.65. The molecule has 1 aromatic rings. The Kier molecular flexibility index (Phi) is 5.20. The van der Waals surface area contributed by atoms with E-state index in [-0.39, 0.29) is 0 Å². The second kappa shape index (κ2) is 6.90. The molecule has 0 amide bonds. The van der Waals surface area contributed by atoms with Crippen molar-refractivity contribution in [1.29, 1.82) is 0 Å². The van der Waals surface area contributed by atoms with E-state index in [1.807, 2.05) is 6.20 Å². The van der Waals surface area contributed by atoms with E-state index in [2.05, 4.69) is 30.0 Å². The summed E-state index contributed by atoms with van der Waals surface area (Å²) in [6, 6.07) is 2.17. The Morgan fingerprint density at radius 1 is 1.21 bits per heavy atom. The quantitative estimate of drug-likeness (QED) is 0.778. The summed E-state index contributed by atoms with van der Waals surface area (Å²) >= 11 is 0. The van der Waals surface area contributed by atoms with Crippen LogP contribution in [0.4, 0.5) is 0 Å². The van der Waals surface area contributed by atoms with Gasteiger partial charge in [-0.2, -0.15) is 0 Å². The third-order valence-electron chi connectivity index (χ3n) is 4.16. The molecular formula is C16H26N2O. The normalized spacial score (nSPS) is 24.2. The molecule has 1 heterocycles. The number of methoxy groups -OCH3 is 1. The van der Waals surface area contributed by atoms with Crippen molar-refractivity contribution in [2.75, 3.05) is 27.7 Å². The fraction of sp³-hybridized carbons (Fsp3) is 0.688. The molecule has 1 aromatic heterocycles. The molecular weight excluding hydrogens is 236 g/mol. The van der Waals surface area contributed by atoms with E-state index in [0.717, 1.165) is 11.7 Å². The molecule has 2 rings (SSSR count). The fourth-order valence-electron chi connectivity index (χ4n) is 3.26. The van der Waals surface area contributed by atoms with Crippen molar-refractivity contribution in [3.8, 4) is 5.75 Å². The molecule has 1 aliphatic carbocycles.